The van der Waals surface area contributed by atoms with Gasteiger partial charge < -0.3 is 15.2 Å². The fourth-order valence-corrected chi connectivity index (χ4v) is 3.53. The lowest BCUT2D eigenvalue weighted by atomic mass is 10.1. The molecule has 1 aromatic heterocycles. The van der Waals surface area contributed by atoms with Gasteiger partial charge in [0.1, 0.15) is 11.6 Å². The molecule has 0 fully saturated rings. The number of aromatic nitrogens is 1. The highest BCUT2D eigenvalue weighted by atomic mass is 79.9. The van der Waals surface area contributed by atoms with Gasteiger partial charge in [-0.25, -0.2) is 0 Å². The molecule has 0 spiro atoms. The molecule has 6 nitrogen and oxygen atoms in total. The average Bonchev–Trinajstić information content (AvgIpc) is 3.01. The summed E-state index contributed by atoms with van der Waals surface area (Å²) in [6, 6.07) is 18.5. The van der Waals surface area contributed by atoms with E-state index in [-0.39, 0.29) is 11.5 Å². The van der Waals surface area contributed by atoms with Crippen molar-refractivity contribution in [2.75, 3.05) is 10.6 Å². The van der Waals surface area contributed by atoms with E-state index < -0.39 is 5.91 Å². The number of nitrogens with one attached hydrogen (secondary N) is 2. The number of benzene rings is 2. The van der Waals surface area contributed by atoms with E-state index in [2.05, 4.69) is 26.6 Å². The van der Waals surface area contributed by atoms with Gasteiger partial charge in [0.05, 0.1) is 0 Å². The third-order valence-corrected chi connectivity index (χ3v) is 5.21. The molecule has 3 rings (SSSR count). The fraction of sp³-hybridized carbons (Fsp3) is 0.125. The van der Waals surface area contributed by atoms with E-state index in [1.165, 1.54) is 6.92 Å². The Balaban J connectivity index is 1.88. The molecule has 0 saturated heterocycles. The largest absolute Gasteiger partial charge is 0.326 e. The Hall–Kier alpha value is -3.63. The molecule has 0 aliphatic carbocycles. The molecular weight excluding hydrogens is 456 g/mol. The third kappa shape index (κ3) is 5.30. The predicted octanol–water partition coefficient (Wildman–Crippen LogP) is 5.36. The molecule has 0 unspecified atom stereocenters. The Bertz CT molecular complexity index is 1200. The van der Waals surface area contributed by atoms with Crippen LogP contribution >= 0.6 is 15.9 Å². The number of rotatable bonds is 5. The number of nitrogens with zero attached hydrogens (tertiary/aromatic N) is 2. The topological polar surface area (TPSA) is 86.9 Å². The molecule has 156 valence electrons. The van der Waals surface area contributed by atoms with E-state index >= 15 is 0 Å². The van der Waals surface area contributed by atoms with Crippen molar-refractivity contribution in [3.8, 4) is 11.8 Å². The van der Waals surface area contributed by atoms with Crippen molar-refractivity contribution in [3.63, 3.8) is 0 Å². The second-order valence-corrected chi connectivity index (χ2v) is 7.94. The minimum absolute atomic E-state index is 0.0178. The summed E-state index contributed by atoms with van der Waals surface area (Å²) < 4.78 is 2.93. The molecule has 31 heavy (non-hydrogen) atoms. The number of halogens is 1. The summed E-state index contributed by atoms with van der Waals surface area (Å²) in [5, 5.41) is 15.0. The summed E-state index contributed by atoms with van der Waals surface area (Å²) in [7, 11) is 0. The van der Waals surface area contributed by atoms with Crippen LogP contribution in [0.5, 0.6) is 0 Å². The van der Waals surface area contributed by atoms with Crippen LogP contribution in [0.4, 0.5) is 11.4 Å². The minimum atomic E-state index is -0.464. The minimum Gasteiger partial charge on any atom is -0.326 e. The number of nitriles is 1. The maximum atomic E-state index is 12.6. The predicted molar refractivity (Wildman–Crippen MR) is 126 cm³/mol. The molecular formula is C24H21BrN4O2. The van der Waals surface area contributed by atoms with Gasteiger partial charge >= 0.3 is 0 Å². The van der Waals surface area contributed by atoms with Crippen LogP contribution in [-0.4, -0.2) is 16.4 Å². The van der Waals surface area contributed by atoms with Crippen molar-refractivity contribution in [1.82, 2.24) is 4.57 Å². The molecule has 0 aliphatic rings. The van der Waals surface area contributed by atoms with Crippen LogP contribution in [0.2, 0.25) is 0 Å². The number of carbonyl (C=O) groups is 2. The number of hydrogen-bond acceptors (Lipinski definition) is 3. The smallest absolute Gasteiger partial charge is 0.266 e. The van der Waals surface area contributed by atoms with E-state index in [9.17, 15) is 14.9 Å². The molecule has 2 N–H and O–H groups in total. The fourth-order valence-electron chi connectivity index (χ4n) is 3.26. The first kappa shape index (κ1) is 22.1. The highest BCUT2D eigenvalue weighted by Crippen LogP contribution is 2.24. The van der Waals surface area contributed by atoms with Gasteiger partial charge in [-0.2, -0.15) is 5.26 Å². The van der Waals surface area contributed by atoms with Gasteiger partial charge in [0, 0.05) is 39.8 Å². The number of anilines is 2. The van der Waals surface area contributed by atoms with Crippen LogP contribution in [0.25, 0.3) is 11.8 Å². The summed E-state index contributed by atoms with van der Waals surface area (Å²) >= 11 is 3.35. The zero-order valence-corrected chi connectivity index (χ0v) is 18.9. The van der Waals surface area contributed by atoms with Crippen molar-refractivity contribution in [2.24, 2.45) is 0 Å². The summed E-state index contributed by atoms with van der Waals surface area (Å²) in [5.74, 6) is -0.590. The monoisotopic (exact) mass is 476 g/mol. The van der Waals surface area contributed by atoms with E-state index in [0.29, 0.717) is 5.69 Å². The number of aryl methyl sites for hydroxylation is 1. The molecule has 2 aromatic carbocycles. The Morgan fingerprint density at radius 3 is 2.16 bits per heavy atom. The molecule has 0 saturated carbocycles. The molecule has 2 amide bonds. The van der Waals surface area contributed by atoms with Crippen LogP contribution < -0.4 is 10.6 Å². The zero-order chi connectivity index (χ0) is 22.5. The van der Waals surface area contributed by atoms with Crippen molar-refractivity contribution in [2.45, 2.75) is 20.8 Å². The average molecular weight is 477 g/mol. The van der Waals surface area contributed by atoms with Crippen LogP contribution in [-0.2, 0) is 9.59 Å². The van der Waals surface area contributed by atoms with E-state index in [4.69, 9.17) is 0 Å². The second-order valence-electron chi connectivity index (χ2n) is 7.02. The van der Waals surface area contributed by atoms with E-state index in [1.54, 1.807) is 18.2 Å². The van der Waals surface area contributed by atoms with Crippen LogP contribution in [0, 0.1) is 25.2 Å². The number of carbonyl (C=O) groups excluding carboxylic acids is 2. The molecule has 0 aliphatic heterocycles. The Labute approximate surface area is 189 Å². The summed E-state index contributed by atoms with van der Waals surface area (Å²) in [5.41, 5.74) is 4.90. The lowest BCUT2D eigenvalue weighted by molar-refractivity contribution is -0.114. The molecule has 7 heteroatoms. The first-order valence-electron chi connectivity index (χ1n) is 9.54. The molecule has 3 aromatic rings. The summed E-state index contributed by atoms with van der Waals surface area (Å²) in [6.07, 6.45) is 1.60. The Morgan fingerprint density at radius 2 is 1.58 bits per heavy atom. The molecule has 1 heterocycles. The number of amides is 2. The van der Waals surface area contributed by atoms with Crippen molar-refractivity contribution in [3.05, 3.63) is 81.6 Å². The highest BCUT2D eigenvalue weighted by molar-refractivity contribution is 9.10. The zero-order valence-electron chi connectivity index (χ0n) is 17.4. The number of hydrogen-bond donors (Lipinski definition) is 2. The van der Waals surface area contributed by atoms with Gasteiger partial charge in [-0.15, -0.1) is 0 Å². The summed E-state index contributed by atoms with van der Waals surface area (Å²) in [4.78, 5) is 23.8. The first-order chi connectivity index (χ1) is 14.8. The van der Waals surface area contributed by atoms with Crippen molar-refractivity contribution in [1.29, 1.82) is 5.26 Å². The molecule has 0 bridgehead atoms. The van der Waals surface area contributed by atoms with Crippen LogP contribution in [0.1, 0.15) is 23.9 Å². The standard InChI is InChI=1S/C24H21BrN4O2/c1-15-12-18(13-19(14-26)24(31)28-22-6-4-20(25)5-7-22)16(2)29(15)23-10-8-21(9-11-23)27-17(3)30/h4-13H,1-3H3,(H,27,30)(H,28,31). The Kier molecular flexibility index (Phi) is 6.73. The Morgan fingerprint density at radius 1 is 1.00 bits per heavy atom. The summed E-state index contributed by atoms with van der Waals surface area (Å²) in [6.45, 7) is 5.36. The van der Waals surface area contributed by atoms with Gasteiger partial charge in [-0.05, 0) is 80.1 Å². The van der Waals surface area contributed by atoms with Gasteiger partial charge in [0.25, 0.3) is 5.91 Å². The maximum absolute atomic E-state index is 12.6. The van der Waals surface area contributed by atoms with Crippen LogP contribution in [0.3, 0.4) is 0 Å². The van der Waals surface area contributed by atoms with Gasteiger partial charge in [-0.1, -0.05) is 15.9 Å². The SMILES string of the molecule is CC(=O)Nc1ccc(-n2c(C)cc(C=C(C#N)C(=O)Nc3ccc(Br)cc3)c2C)cc1. The van der Waals surface area contributed by atoms with Crippen molar-refractivity contribution >= 4 is 45.2 Å². The van der Waals surface area contributed by atoms with Gasteiger partial charge in [-0.3, -0.25) is 9.59 Å². The lowest BCUT2D eigenvalue weighted by Crippen LogP contribution is -2.13. The maximum Gasteiger partial charge on any atom is 0.266 e. The third-order valence-electron chi connectivity index (χ3n) is 4.68. The molecule has 0 atom stereocenters. The van der Waals surface area contributed by atoms with Gasteiger partial charge in [0.2, 0.25) is 5.91 Å². The normalized spacial score (nSPS) is 11.0. The van der Waals surface area contributed by atoms with E-state index in [0.717, 1.165) is 32.8 Å². The van der Waals surface area contributed by atoms with Crippen molar-refractivity contribution < 1.29 is 9.59 Å². The highest BCUT2D eigenvalue weighted by Gasteiger charge is 2.14. The molecule has 0 radical (unpaired) electrons. The van der Waals surface area contributed by atoms with Crippen LogP contribution in [0.15, 0.2) is 64.6 Å². The van der Waals surface area contributed by atoms with E-state index in [1.807, 2.05) is 66.9 Å². The quantitative estimate of drug-likeness (QED) is 0.383. The first-order valence-corrected chi connectivity index (χ1v) is 10.3. The second kappa shape index (κ2) is 9.45. The van der Waals surface area contributed by atoms with Gasteiger partial charge in [0.15, 0.2) is 0 Å². The lowest BCUT2D eigenvalue weighted by Gasteiger charge is -2.11.